The van der Waals surface area contributed by atoms with E-state index in [0.29, 0.717) is 18.0 Å². The summed E-state index contributed by atoms with van der Waals surface area (Å²) in [6.45, 7) is 4.43. The molecule has 1 atom stereocenters. The molecule has 3 rings (SSSR count). The predicted molar refractivity (Wildman–Crippen MR) is 121 cm³/mol. The zero-order chi connectivity index (χ0) is 21.5. The summed E-state index contributed by atoms with van der Waals surface area (Å²) in [5, 5.41) is 3.82. The van der Waals surface area contributed by atoms with Crippen LogP contribution in [0.25, 0.3) is 0 Å². The van der Waals surface area contributed by atoms with Crippen LogP contribution < -0.4 is 5.32 Å². The molecule has 0 aliphatic heterocycles. The molecule has 1 fully saturated rings. The summed E-state index contributed by atoms with van der Waals surface area (Å²) in [6, 6.07) is 15.2. The van der Waals surface area contributed by atoms with Crippen LogP contribution in [0, 0.1) is 6.92 Å². The van der Waals surface area contributed by atoms with Crippen molar-refractivity contribution in [2.24, 2.45) is 0 Å². The molecule has 0 heterocycles. The molecule has 160 valence electrons. The average molecular weight is 427 g/mol. The summed E-state index contributed by atoms with van der Waals surface area (Å²) < 4.78 is 0. The average Bonchev–Trinajstić information content (AvgIpc) is 3.24. The van der Waals surface area contributed by atoms with Crippen molar-refractivity contribution in [2.45, 2.75) is 71.0 Å². The number of carbonyl (C=O) groups excluding carboxylic acids is 2. The first-order valence-electron chi connectivity index (χ1n) is 10.9. The van der Waals surface area contributed by atoms with Gasteiger partial charge in [-0.1, -0.05) is 73.3 Å². The Morgan fingerprint density at radius 1 is 1.03 bits per heavy atom. The van der Waals surface area contributed by atoms with E-state index in [0.717, 1.165) is 36.8 Å². The number of hydrogen-bond donors (Lipinski definition) is 1. The van der Waals surface area contributed by atoms with Crippen LogP contribution in [-0.4, -0.2) is 28.8 Å². The molecule has 0 saturated heterocycles. The fourth-order valence-corrected chi connectivity index (χ4v) is 4.18. The highest BCUT2D eigenvalue weighted by Crippen LogP contribution is 2.20. The Labute approximate surface area is 184 Å². The number of aryl methyl sites for hydroxylation is 1. The van der Waals surface area contributed by atoms with Gasteiger partial charge in [-0.15, -0.1) is 0 Å². The first kappa shape index (κ1) is 22.4. The molecule has 1 aliphatic rings. The lowest BCUT2D eigenvalue weighted by Gasteiger charge is -2.31. The fraction of sp³-hybridized carbons (Fsp3) is 0.440. The van der Waals surface area contributed by atoms with Crippen molar-refractivity contribution in [3.63, 3.8) is 0 Å². The minimum Gasteiger partial charge on any atom is -0.352 e. The van der Waals surface area contributed by atoms with E-state index in [1.54, 1.807) is 17.0 Å². The van der Waals surface area contributed by atoms with Gasteiger partial charge in [0.25, 0.3) is 0 Å². The van der Waals surface area contributed by atoms with Gasteiger partial charge in [0.15, 0.2) is 0 Å². The molecule has 2 amide bonds. The Kier molecular flexibility index (Phi) is 7.92. The van der Waals surface area contributed by atoms with Gasteiger partial charge in [0.1, 0.15) is 6.04 Å². The van der Waals surface area contributed by atoms with E-state index in [4.69, 9.17) is 11.6 Å². The normalized spacial score (nSPS) is 15.0. The maximum absolute atomic E-state index is 13.3. The lowest BCUT2D eigenvalue weighted by Crippen LogP contribution is -2.51. The number of rotatable bonds is 8. The second-order valence-corrected chi connectivity index (χ2v) is 8.66. The molecular formula is C25H31ClN2O2. The summed E-state index contributed by atoms with van der Waals surface area (Å²) in [6.07, 6.45) is 5.19. The van der Waals surface area contributed by atoms with Crippen molar-refractivity contribution in [3.8, 4) is 0 Å². The second-order valence-electron chi connectivity index (χ2n) is 8.22. The summed E-state index contributed by atoms with van der Waals surface area (Å²) in [4.78, 5) is 28.2. The van der Waals surface area contributed by atoms with Gasteiger partial charge in [0, 0.05) is 17.6 Å². The third kappa shape index (κ3) is 6.09. The van der Waals surface area contributed by atoms with Crippen LogP contribution in [0.1, 0.15) is 55.7 Å². The SMILES string of the molecule is CC[C@H](C(=O)NC1CCCC1)N(Cc1ccc(C)cc1)C(=O)Cc1ccc(Cl)cc1. The minimum atomic E-state index is -0.480. The van der Waals surface area contributed by atoms with Crippen LogP contribution in [-0.2, 0) is 22.6 Å². The van der Waals surface area contributed by atoms with E-state index in [9.17, 15) is 9.59 Å². The van der Waals surface area contributed by atoms with Gasteiger partial charge >= 0.3 is 0 Å². The highest BCUT2D eigenvalue weighted by molar-refractivity contribution is 6.30. The van der Waals surface area contributed by atoms with Crippen LogP contribution in [0.15, 0.2) is 48.5 Å². The quantitative estimate of drug-likeness (QED) is 0.641. The van der Waals surface area contributed by atoms with Gasteiger partial charge in [-0.2, -0.15) is 0 Å². The number of hydrogen-bond acceptors (Lipinski definition) is 2. The molecule has 0 bridgehead atoms. The standard InChI is InChI=1S/C25H31ClN2O2/c1-3-23(25(30)27-22-6-4-5-7-22)28(17-20-10-8-18(2)9-11-20)24(29)16-19-12-14-21(26)15-13-19/h8-15,22-23H,3-7,16-17H2,1-2H3,(H,27,30)/t23-/m1/s1. The minimum absolute atomic E-state index is 0.0408. The molecule has 2 aromatic rings. The van der Waals surface area contributed by atoms with Gasteiger partial charge in [-0.25, -0.2) is 0 Å². The van der Waals surface area contributed by atoms with Crippen LogP contribution >= 0.6 is 11.6 Å². The molecule has 0 radical (unpaired) electrons. The van der Waals surface area contributed by atoms with Gasteiger partial charge < -0.3 is 10.2 Å². The summed E-state index contributed by atoms with van der Waals surface area (Å²) >= 11 is 5.98. The van der Waals surface area contributed by atoms with Crippen LogP contribution in [0.5, 0.6) is 0 Å². The third-order valence-electron chi connectivity index (χ3n) is 5.83. The summed E-state index contributed by atoms with van der Waals surface area (Å²) in [5.74, 6) is -0.0905. The van der Waals surface area contributed by atoms with Gasteiger partial charge in [-0.05, 0) is 49.4 Å². The van der Waals surface area contributed by atoms with Crippen molar-refractivity contribution >= 4 is 23.4 Å². The third-order valence-corrected chi connectivity index (χ3v) is 6.08. The van der Waals surface area contributed by atoms with Gasteiger partial charge in [0.2, 0.25) is 11.8 Å². The molecule has 1 saturated carbocycles. The second kappa shape index (κ2) is 10.6. The molecule has 2 aromatic carbocycles. The van der Waals surface area contributed by atoms with Crippen molar-refractivity contribution in [2.75, 3.05) is 0 Å². The van der Waals surface area contributed by atoms with E-state index in [1.165, 1.54) is 5.56 Å². The first-order chi connectivity index (χ1) is 14.5. The number of nitrogens with one attached hydrogen (secondary N) is 1. The van der Waals surface area contributed by atoms with E-state index in [1.807, 2.05) is 50.2 Å². The molecule has 5 heteroatoms. The van der Waals surface area contributed by atoms with Crippen LogP contribution in [0.2, 0.25) is 5.02 Å². The monoisotopic (exact) mass is 426 g/mol. The van der Waals surface area contributed by atoms with E-state index in [2.05, 4.69) is 5.32 Å². The lowest BCUT2D eigenvalue weighted by molar-refractivity contribution is -0.141. The van der Waals surface area contributed by atoms with Crippen molar-refractivity contribution < 1.29 is 9.59 Å². The zero-order valence-corrected chi connectivity index (χ0v) is 18.6. The number of amides is 2. The summed E-state index contributed by atoms with van der Waals surface area (Å²) in [5.41, 5.74) is 3.09. The highest BCUT2D eigenvalue weighted by Gasteiger charge is 2.30. The van der Waals surface area contributed by atoms with Crippen LogP contribution in [0.4, 0.5) is 0 Å². The van der Waals surface area contributed by atoms with Crippen molar-refractivity contribution in [1.82, 2.24) is 10.2 Å². The van der Waals surface area contributed by atoms with E-state index in [-0.39, 0.29) is 24.3 Å². The molecule has 0 aromatic heterocycles. The summed E-state index contributed by atoms with van der Waals surface area (Å²) in [7, 11) is 0. The van der Waals surface area contributed by atoms with E-state index < -0.39 is 6.04 Å². The molecule has 0 unspecified atom stereocenters. The number of nitrogens with zero attached hydrogens (tertiary/aromatic N) is 1. The predicted octanol–water partition coefficient (Wildman–Crippen LogP) is 5.06. The topological polar surface area (TPSA) is 49.4 Å². The smallest absolute Gasteiger partial charge is 0.243 e. The highest BCUT2D eigenvalue weighted by atomic mass is 35.5. The molecule has 0 spiro atoms. The zero-order valence-electron chi connectivity index (χ0n) is 17.9. The molecule has 4 nitrogen and oxygen atoms in total. The Bertz CT molecular complexity index is 842. The molecule has 1 N–H and O–H groups in total. The van der Waals surface area contributed by atoms with Gasteiger partial charge in [0.05, 0.1) is 6.42 Å². The van der Waals surface area contributed by atoms with Crippen molar-refractivity contribution in [1.29, 1.82) is 0 Å². The maximum Gasteiger partial charge on any atom is 0.243 e. The fourth-order valence-electron chi connectivity index (χ4n) is 4.06. The molecule has 30 heavy (non-hydrogen) atoms. The number of halogens is 1. The van der Waals surface area contributed by atoms with Gasteiger partial charge in [-0.3, -0.25) is 9.59 Å². The Balaban J connectivity index is 1.80. The Morgan fingerprint density at radius 2 is 1.63 bits per heavy atom. The number of carbonyl (C=O) groups is 2. The Morgan fingerprint density at radius 3 is 2.23 bits per heavy atom. The van der Waals surface area contributed by atoms with Crippen molar-refractivity contribution in [3.05, 3.63) is 70.2 Å². The number of benzene rings is 2. The molecule has 1 aliphatic carbocycles. The first-order valence-corrected chi connectivity index (χ1v) is 11.2. The van der Waals surface area contributed by atoms with Crippen LogP contribution in [0.3, 0.4) is 0 Å². The Hall–Kier alpha value is -2.33. The lowest BCUT2D eigenvalue weighted by atomic mass is 10.1. The maximum atomic E-state index is 13.3. The molecular weight excluding hydrogens is 396 g/mol. The largest absolute Gasteiger partial charge is 0.352 e. The van der Waals surface area contributed by atoms with E-state index >= 15 is 0 Å².